The van der Waals surface area contributed by atoms with Gasteiger partial charge < -0.3 is 14.8 Å². The van der Waals surface area contributed by atoms with Crippen molar-refractivity contribution in [1.82, 2.24) is 4.90 Å². The van der Waals surface area contributed by atoms with Gasteiger partial charge in [-0.3, -0.25) is 9.69 Å². The number of carbonyl (C=O) groups is 1. The van der Waals surface area contributed by atoms with Crippen LogP contribution in [0.1, 0.15) is 12.5 Å². The first-order chi connectivity index (χ1) is 11.1. The van der Waals surface area contributed by atoms with Crippen molar-refractivity contribution in [3.63, 3.8) is 0 Å². The summed E-state index contributed by atoms with van der Waals surface area (Å²) in [5.74, 6) is 1.31. The standard InChI is InChI=1S/C18H20N2O3/c1-13(20(2)11-14-6-4-3-5-7-14)18(21)19-15-8-9-16-17(10-15)23-12-22-16/h3-10,13H,11-12H2,1-2H3,(H,19,21)/t13-/m1/s1. The van der Waals surface area contributed by atoms with Gasteiger partial charge in [0.1, 0.15) is 0 Å². The number of rotatable bonds is 5. The summed E-state index contributed by atoms with van der Waals surface area (Å²) >= 11 is 0. The molecule has 0 aliphatic carbocycles. The largest absolute Gasteiger partial charge is 0.454 e. The summed E-state index contributed by atoms with van der Waals surface area (Å²) in [6, 6.07) is 15.2. The molecular weight excluding hydrogens is 292 g/mol. The lowest BCUT2D eigenvalue weighted by Gasteiger charge is -2.24. The Morgan fingerprint density at radius 1 is 1.17 bits per heavy atom. The molecule has 1 amide bonds. The molecular formula is C18H20N2O3. The van der Waals surface area contributed by atoms with E-state index in [0.717, 1.165) is 6.54 Å². The number of likely N-dealkylation sites (N-methyl/N-ethyl adjacent to an activating group) is 1. The van der Waals surface area contributed by atoms with E-state index in [1.165, 1.54) is 5.56 Å². The molecule has 1 N–H and O–H groups in total. The van der Waals surface area contributed by atoms with E-state index in [1.807, 2.05) is 43.1 Å². The van der Waals surface area contributed by atoms with Gasteiger partial charge >= 0.3 is 0 Å². The fraction of sp³-hybridized carbons (Fsp3) is 0.278. The van der Waals surface area contributed by atoms with Crippen LogP contribution in [0, 0.1) is 0 Å². The fourth-order valence-electron chi connectivity index (χ4n) is 2.43. The number of benzene rings is 2. The summed E-state index contributed by atoms with van der Waals surface area (Å²) in [4.78, 5) is 14.4. The highest BCUT2D eigenvalue weighted by Gasteiger charge is 2.20. The highest BCUT2D eigenvalue weighted by Crippen LogP contribution is 2.34. The topological polar surface area (TPSA) is 50.8 Å². The lowest BCUT2D eigenvalue weighted by molar-refractivity contribution is -0.120. The van der Waals surface area contributed by atoms with Crippen molar-refractivity contribution >= 4 is 11.6 Å². The number of nitrogens with one attached hydrogen (secondary N) is 1. The highest BCUT2D eigenvalue weighted by molar-refractivity contribution is 5.94. The molecule has 2 aromatic rings. The smallest absolute Gasteiger partial charge is 0.241 e. The summed E-state index contributed by atoms with van der Waals surface area (Å²) in [7, 11) is 1.94. The number of amides is 1. The van der Waals surface area contributed by atoms with Gasteiger partial charge in [-0.25, -0.2) is 0 Å². The summed E-state index contributed by atoms with van der Waals surface area (Å²) in [5, 5.41) is 2.92. The maximum Gasteiger partial charge on any atom is 0.241 e. The Morgan fingerprint density at radius 2 is 1.91 bits per heavy atom. The van der Waals surface area contributed by atoms with Crippen molar-refractivity contribution in [2.24, 2.45) is 0 Å². The molecule has 1 aliphatic rings. The number of hydrogen-bond acceptors (Lipinski definition) is 4. The van der Waals surface area contributed by atoms with E-state index in [0.29, 0.717) is 17.2 Å². The first kappa shape index (κ1) is 15.4. The Bertz CT molecular complexity index is 688. The third-order valence-corrected chi connectivity index (χ3v) is 3.96. The molecule has 0 radical (unpaired) electrons. The average Bonchev–Trinajstić information content (AvgIpc) is 3.02. The Balaban J connectivity index is 1.61. The van der Waals surface area contributed by atoms with E-state index in [9.17, 15) is 4.79 Å². The van der Waals surface area contributed by atoms with E-state index in [-0.39, 0.29) is 18.7 Å². The van der Waals surface area contributed by atoms with Crippen LogP contribution in [0.3, 0.4) is 0 Å². The monoisotopic (exact) mass is 312 g/mol. The van der Waals surface area contributed by atoms with Crippen molar-refractivity contribution < 1.29 is 14.3 Å². The van der Waals surface area contributed by atoms with Gasteiger partial charge in [0.25, 0.3) is 0 Å². The molecule has 0 saturated carbocycles. The van der Waals surface area contributed by atoms with Gasteiger partial charge in [0.15, 0.2) is 11.5 Å². The van der Waals surface area contributed by atoms with Crippen LogP contribution in [-0.4, -0.2) is 30.7 Å². The molecule has 0 aromatic heterocycles. The van der Waals surface area contributed by atoms with Crippen LogP contribution in [-0.2, 0) is 11.3 Å². The van der Waals surface area contributed by atoms with Gasteiger partial charge in [0.05, 0.1) is 6.04 Å². The number of nitrogens with zero attached hydrogens (tertiary/aromatic N) is 1. The van der Waals surface area contributed by atoms with E-state index < -0.39 is 0 Å². The van der Waals surface area contributed by atoms with Gasteiger partial charge in [-0.05, 0) is 31.7 Å². The Hall–Kier alpha value is -2.53. The molecule has 23 heavy (non-hydrogen) atoms. The summed E-state index contributed by atoms with van der Waals surface area (Å²) < 4.78 is 10.6. The van der Waals surface area contributed by atoms with Crippen molar-refractivity contribution in [1.29, 1.82) is 0 Å². The Kier molecular flexibility index (Phi) is 4.48. The zero-order valence-electron chi connectivity index (χ0n) is 13.3. The van der Waals surface area contributed by atoms with Crippen molar-refractivity contribution in [2.75, 3.05) is 19.2 Å². The molecule has 5 heteroatoms. The molecule has 5 nitrogen and oxygen atoms in total. The maximum absolute atomic E-state index is 12.4. The minimum absolute atomic E-state index is 0.0534. The van der Waals surface area contributed by atoms with Crippen molar-refractivity contribution in [3.8, 4) is 11.5 Å². The molecule has 0 spiro atoms. The second kappa shape index (κ2) is 6.71. The van der Waals surface area contributed by atoms with Crippen LogP contribution < -0.4 is 14.8 Å². The van der Waals surface area contributed by atoms with Crippen LogP contribution in [0.5, 0.6) is 11.5 Å². The van der Waals surface area contributed by atoms with Gasteiger partial charge in [0, 0.05) is 18.3 Å². The molecule has 120 valence electrons. The quantitative estimate of drug-likeness (QED) is 0.922. The molecule has 0 fully saturated rings. The molecule has 0 unspecified atom stereocenters. The molecule has 1 heterocycles. The summed E-state index contributed by atoms with van der Waals surface area (Å²) in [6.07, 6.45) is 0. The van der Waals surface area contributed by atoms with Crippen LogP contribution >= 0.6 is 0 Å². The second-order valence-corrected chi connectivity index (χ2v) is 5.63. The summed E-state index contributed by atoms with van der Waals surface area (Å²) in [6.45, 7) is 2.84. The van der Waals surface area contributed by atoms with Gasteiger partial charge in [-0.1, -0.05) is 30.3 Å². The number of ether oxygens (including phenoxy) is 2. The van der Waals surface area contributed by atoms with E-state index in [4.69, 9.17) is 9.47 Å². The van der Waals surface area contributed by atoms with Gasteiger partial charge in [-0.2, -0.15) is 0 Å². The molecule has 1 atom stereocenters. The molecule has 2 aromatic carbocycles. The maximum atomic E-state index is 12.4. The fourth-order valence-corrected chi connectivity index (χ4v) is 2.43. The predicted molar refractivity (Wildman–Crippen MR) is 88.6 cm³/mol. The zero-order valence-corrected chi connectivity index (χ0v) is 13.3. The third kappa shape index (κ3) is 3.63. The van der Waals surface area contributed by atoms with E-state index in [2.05, 4.69) is 17.4 Å². The third-order valence-electron chi connectivity index (χ3n) is 3.96. The molecule has 1 aliphatic heterocycles. The van der Waals surface area contributed by atoms with E-state index in [1.54, 1.807) is 12.1 Å². The molecule has 3 rings (SSSR count). The predicted octanol–water partition coefficient (Wildman–Crippen LogP) is 2.87. The first-order valence-corrected chi connectivity index (χ1v) is 7.58. The van der Waals surface area contributed by atoms with Crippen LogP contribution in [0.2, 0.25) is 0 Å². The van der Waals surface area contributed by atoms with Crippen molar-refractivity contribution in [3.05, 3.63) is 54.1 Å². The molecule has 0 saturated heterocycles. The minimum Gasteiger partial charge on any atom is -0.454 e. The zero-order chi connectivity index (χ0) is 16.2. The van der Waals surface area contributed by atoms with E-state index >= 15 is 0 Å². The summed E-state index contributed by atoms with van der Waals surface area (Å²) in [5.41, 5.74) is 1.89. The lowest BCUT2D eigenvalue weighted by atomic mass is 10.2. The number of fused-ring (bicyclic) bond motifs is 1. The second-order valence-electron chi connectivity index (χ2n) is 5.63. The Labute approximate surface area is 135 Å². The number of carbonyl (C=O) groups excluding carboxylic acids is 1. The van der Waals surface area contributed by atoms with Crippen LogP contribution in [0.25, 0.3) is 0 Å². The number of hydrogen-bond donors (Lipinski definition) is 1. The molecule has 0 bridgehead atoms. The lowest BCUT2D eigenvalue weighted by Crippen LogP contribution is -2.39. The first-order valence-electron chi connectivity index (χ1n) is 7.58. The highest BCUT2D eigenvalue weighted by atomic mass is 16.7. The minimum atomic E-state index is -0.249. The van der Waals surface area contributed by atoms with Crippen LogP contribution in [0.4, 0.5) is 5.69 Å². The SMILES string of the molecule is C[C@H](C(=O)Nc1ccc2c(c1)OCO2)N(C)Cc1ccccc1. The van der Waals surface area contributed by atoms with Crippen molar-refractivity contribution in [2.45, 2.75) is 19.5 Å². The van der Waals surface area contributed by atoms with Crippen LogP contribution in [0.15, 0.2) is 48.5 Å². The Morgan fingerprint density at radius 3 is 2.70 bits per heavy atom. The van der Waals surface area contributed by atoms with Gasteiger partial charge in [0.2, 0.25) is 12.7 Å². The van der Waals surface area contributed by atoms with Gasteiger partial charge in [-0.15, -0.1) is 0 Å². The number of anilines is 1. The normalized spacial score (nSPS) is 13.9. The average molecular weight is 312 g/mol.